The molecular formula is C23H24N2O4. The van der Waals surface area contributed by atoms with Gasteiger partial charge in [-0.2, -0.15) is 0 Å². The van der Waals surface area contributed by atoms with Gasteiger partial charge in [-0.05, 0) is 61.7 Å². The van der Waals surface area contributed by atoms with Crippen molar-refractivity contribution in [1.29, 1.82) is 0 Å². The molecule has 0 radical (unpaired) electrons. The lowest BCUT2D eigenvalue weighted by Crippen LogP contribution is -2.45. The zero-order chi connectivity index (χ0) is 20.4. The largest absolute Gasteiger partial charge is 0.465 e. The van der Waals surface area contributed by atoms with Crippen LogP contribution >= 0.6 is 0 Å². The van der Waals surface area contributed by atoms with Crippen LogP contribution < -0.4 is 4.90 Å². The predicted octanol–water partition coefficient (Wildman–Crippen LogP) is 2.98. The van der Waals surface area contributed by atoms with Gasteiger partial charge in [0.05, 0.1) is 30.8 Å². The summed E-state index contributed by atoms with van der Waals surface area (Å²) in [6.07, 6.45) is 2.17. The van der Waals surface area contributed by atoms with Gasteiger partial charge in [0.25, 0.3) is 5.91 Å². The van der Waals surface area contributed by atoms with Gasteiger partial charge in [0.1, 0.15) is 0 Å². The van der Waals surface area contributed by atoms with E-state index in [2.05, 4.69) is 33.9 Å². The SMILES string of the molecule is COC(=O)c1ccc(N2C(=O)CC(N3CCC(c4ccccc4)CC3)C2=O)cc1. The molecule has 2 aliphatic heterocycles. The van der Waals surface area contributed by atoms with Gasteiger partial charge in [0, 0.05) is 0 Å². The summed E-state index contributed by atoms with van der Waals surface area (Å²) in [6.45, 7) is 1.61. The topological polar surface area (TPSA) is 66.9 Å². The zero-order valence-corrected chi connectivity index (χ0v) is 16.4. The van der Waals surface area contributed by atoms with E-state index in [4.69, 9.17) is 0 Å². The third kappa shape index (κ3) is 3.80. The Bertz CT molecular complexity index is 902. The second kappa shape index (κ2) is 8.17. The minimum absolute atomic E-state index is 0.182. The number of likely N-dealkylation sites (tertiary alicyclic amines) is 1. The average molecular weight is 392 g/mol. The smallest absolute Gasteiger partial charge is 0.337 e. The summed E-state index contributed by atoms with van der Waals surface area (Å²) in [5.74, 6) is -0.327. The molecule has 0 aromatic heterocycles. The van der Waals surface area contributed by atoms with Gasteiger partial charge in [0.2, 0.25) is 5.91 Å². The maximum Gasteiger partial charge on any atom is 0.337 e. The summed E-state index contributed by atoms with van der Waals surface area (Å²) < 4.78 is 4.69. The first-order chi connectivity index (χ1) is 14.1. The Morgan fingerprint density at radius 2 is 1.62 bits per heavy atom. The molecular weight excluding hydrogens is 368 g/mol. The van der Waals surface area contributed by atoms with E-state index in [1.165, 1.54) is 17.6 Å². The minimum atomic E-state index is -0.449. The molecule has 150 valence electrons. The normalized spacial score (nSPS) is 20.9. The molecule has 1 atom stereocenters. The second-order valence-corrected chi connectivity index (χ2v) is 7.55. The maximum absolute atomic E-state index is 13.0. The van der Waals surface area contributed by atoms with Crippen LogP contribution in [-0.2, 0) is 14.3 Å². The number of amides is 2. The Hall–Kier alpha value is -2.99. The van der Waals surface area contributed by atoms with Crippen molar-refractivity contribution in [1.82, 2.24) is 4.90 Å². The highest BCUT2D eigenvalue weighted by atomic mass is 16.5. The molecule has 4 rings (SSSR count). The summed E-state index contributed by atoms with van der Waals surface area (Å²) in [7, 11) is 1.31. The number of anilines is 1. The first-order valence-electron chi connectivity index (χ1n) is 9.92. The molecule has 2 heterocycles. The Morgan fingerprint density at radius 3 is 2.24 bits per heavy atom. The summed E-state index contributed by atoms with van der Waals surface area (Å²) in [4.78, 5) is 40.6. The number of piperidine rings is 1. The van der Waals surface area contributed by atoms with Crippen molar-refractivity contribution >= 4 is 23.5 Å². The van der Waals surface area contributed by atoms with E-state index in [1.807, 2.05) is 6.07 Å². The number of ether oxygens (including phenoxy) is 1. The van der Waals surface area contributed by atoms with Crippen molar-refractivity contribution in [3.05, 3.63) is 65.7 Å². The fourth-order valence-electron chi connectivity index (χ4n) is 4.31. The molecule has 2 aliphatic rings. The Balaban J connectivity index is 1.43. The lowest BCUT2D eigenvalue weighted by atomic mass is 9.89. The number of esters is 1. The van der Waals surface area contributed by atoms with Crippen LogP contribution in [0.5, 0.6) is 0 Å². The molecule has 6 heteroatoms. The van der Waals surface area contributed by atoms with Gasteiger partial charge < -0.3 is 4.74 Å². The summed E-state index contributed by atoms with van der Waals surface area (Å²) in [5, 5.41) is 0. The van der Waals surface area contributed by atoms with Crippen LogP contribution in [0.25, 0.3) is 0 Å². The fraction of sp³-hybridized carbons (Fsp3) is 0.348. The highest BCUT2D eigenvalue weighted by Gasteiger charge is 2.43. The zero-order valence-electron chi connectivity index (χ0n) is 16.4. The van der Waals surface area contributed by atoms with E-state index in [-0.39, 0.29) is 18.2 Å². The summed E-state index contributed by atoms with van der Waals surface area (Å²) in [5.41, 5.74) is 2.22. The van der Waals surface area contributed by atoms with E-state index in [0.717, 1.165) is 25.9 Å². The lowest BCUT2D eigenvalue weighted by molar-refractivity contribution is -0.123. The van der Waals surface area contributed by atoms with Gasteiger partial charge in [-0.15, -0.1) is 0 Å². The van der Waals surface area contributed by atoms with Gasteiger partial charge in [0.15, 0.2) is 0 Å². The molecule has 2 fully saturated rings. The monoisotopic (exact) mass is 392 g/mol. The molecule has 0 spiro atoms. The first-order valence-corrected chi connectivity index (χ1v) is 9.92. The van der Waals surface area contributed by atoms with Crippen LogP contribution in [0.4, 0.5) is 5.69 Å². The molecule has 2 aromatic carbocycles. The molecule has 2 saturated heterocycles. The number of nitrogens with zero attached hydrogens (tertiary/aromatic N) is 2. The van der Waals surface area contributed by atoms with Gasteiger partial charge in [-0.1, -0.05) is 30.3 Å². The van der Waals surface area contributed by atoms with E-state index in [9.17, 15) is 14.4 Å². The molecule has 0 bridgehead atoms. The number of rotatable bonds is 4. The molecule has 2 aromatic rings. The van der Waals surface area contributed by atoms with Crippen molar-refractivity contribution in [3.63, 3.8) is 0 Å². The average Bonchev–Trinajstić information content (AvgIpc) is 3.08. The highest BCUT2D eigenvalue weighted by molar-refractivity contribution is 6.22. The number of methoxy groups -OCH3 is 1. The number of benzene rings is 2. The molecule has 2 amide bonds. The number of carbonyl (C=O) groups is 3. The van der Waals surface area contributed by atoms with Crippen LogP contribution in [0, 0.1) is 0 Å². The van der Waals surface area contributed by atoms with E-state index < -0.39 is 12.0 Å². The summed E-state index contributed by atoms with van der Waals surface area (Å²) >= 11 is 0. The van der Waals surface area contributed by atoms with E-state index in [0.29, 0.717) is 17.2 Å². The highest BCUT2D eigenvalue weighted by Crippen LogP contribution is 2.32. The molecule has 0 N–H and O–H groups in total. The number of hydrogen-bond acceptors (Lipinski definition) is 5. The molecule has 1 unspecified atom stereocenters. The lowest BCUT2D eigenvalue weighted by Gasteiger charge is -2.35. The van der Waals surface area contributed by atoms with Gasteiger partial charge in [-0.25, -0.2) is 9.69 Å². The molecule has 0 saturated carbocycles. The van der Waals surface area contributed by atoms with Crippen LogP contribution in [-0.4, -0.2) is 48.9 Å². The molecule has 6 nitrogen and oxygen atoms in total. The van der Waals surface area contributed by atoms with Crippen LogP contribution in [0.3, 0.4) is 0 Å². The van der Waals surface area contributed by atoms with Crippen LogP contribution in [0.15, 0.2) is 54.6 Å². The fourth-order valence-corrected chi connectivity index (χ4v) is 4.31. The third-order valence-corrected chi connectivity index (χ3v) is 5.91. The van der Waals surface area contributed by atoms with Crippen molar-refractivity contribution in [2.75, 3.05) is 25.1 Å². The molecule has 0 aliphatic carbocycles. The standard InChI is InChI=1S/C23H24N2O4/c1-29-23(28)18-7-9-19(10-8-18)25-21(26)15-20(22(25)27)24-13-11-17(12-14-24)16-5-3-2-4-6-16/h2-10,17,20H,11-15H2,1H3. The third-order valence-electron chi connectivity index (χ3n) is 5.91. The second-order valence-electron chi connectivity index (χ2n) is 7.55. The molecule has 29 heavy (non-hydrogen) atoms. The number of imide groups is 1. The maximum atomic E-state index is 13.0. The van der Waals surface area contributed by atoms with Gasteiger partial charge >= 0.3 is 5.97 Å². The number of carbonyl (C=O) groups excluding carboxylic acids is 3. The first kappa shape index (κ1) is 19.3. The van der Waals surface area contributed by atoms with Crippen LogP contribution in [0.1, 0.15) is 41.1 Å². The van der Waals surface area contributed by atoms with E-state index >= 15 is 0 Å². The van der Waals surface area contributed by atoms with Crippen molar-refractivity contribution in [3.8, 4) is 0 Å². The Kier molecular flexibility index (Phi) is 5.45. The minimum Gasteiger partial charge on any atom is -0.465 e. The predicted molar refractivity (Wildman–Crippen MR) is 109 cm³/mol. The quantitative estimate of drug-likeness (QED) is 0.591. The Labute approximate surface area is 170 Å². The van der Waals surface area contributed by atoms with Crippen molar-refractivity contribution in [2.45, 2.75) is 31.2 Å². The Morgan fingerprint density at radius 1 is 0.966 bits per heavy atom. The van der Waals surface area contributed by atoms with Crippen molar-refractivity contribution < 1.29 is 19.1 Å². The van der Waals surface area contributed by atoms with Crippen molar-refractivity contribution in [2.24, 2.45) is 0 Å². The van der Waals surface area contributed by atoms with Crippen LogP contribution in [0.2, 0.25) is 0 Å². The number of hydrogen-bond donors (Lipinski definition) is 0. The van der Waals surface area contributed by atoms with Gasteiger partial charge in [-0.3, -0.25) is 14.5 Å². The summed E-state index contributed by atoms with van der Waals surface area (Å²) in [6, 6.07) is 16.4. The van der Waals surface area contributed by atoms with E-state index in [1.54, 1.807) is 24.3 Å².